The highest BCUT2D eigenvalue weighted by Gasteiger charge is 2.48. The Bertz CT molecular complexity index is 619. The number of guanidine groups is 1. The van der Waals surface area contributed by atoms with Crippen LogP contribution >= 0.6 is 24.0 Å². The van der Waals surface area contributed by atoms with Gasteiger partial charge in [0.25, 0.3) is 0 Å². The third-order valence-corrected chi connectivity index (χ3v) is 5.32. The van der Waals surface area contributed by atoms with Crippen LogP contribution in [0, 0.1) is 5.41 Å². The maximum atomic E-state index is 5.53. The smallest absolute Gasteiger partial charge is 0.191 e. The summed E-state index contributed by atoms with van der Waals surface area (Å²) in [4.78, 5) is 4.76. The first-order chi connectivity index (χ1) is 11.5. The predicted molar refractivity (Wildman–Crippen MR) is 111 cm³/mol. The van der Waals surface area contributed by atoms with Crippen LogP contribution in [-0.2, 0) is 29.2 Å². The van der Waals surface area contributed by atoms with E-state index >= 15 is 0 Å². The Morgan fingerprint density at radius 1 is 1.32 bits per heavy atom. The molecule has 140 valence electrons. The number of hydrogen-bond donors (Lipinski definition) is 2. The number of nitrogens with zero attached hydrogens (tertiary/aromatic N) is 1. The summed E-state index contributed by atoms with van der Waals surface area (Å²) in [6.45, 7) is 9.56. The second kappa shape index (κ2) is 8.68. The molecule has 1 fully saturated rings. The summed E-state index contributed by atoms with van der Waals surface area (Å²) in [6, 6.07) is 6.90. The SMILES string of the molecule is CCNC(=NCc1ccc2c(c1)COC2)NC1CC(OC)C1(C)C.I. The van der Waals surface area contributed by atoms with Gasteiger partial charge in [0.1, 0.15) is 0 Å². The lowest BCUT2D eigenvalue weighted by Gasteiger charge is -2.51. The fourth-order valence-electron chi connectivity index (χ4n) is 3.51. The summed E-state index contributed by atoms with van der Waals surface area (Å²) in [5.74, 6) is 0.877. The van der Waals surface area contributed by atoms with E-state index in [1.165, 1.54) is 16.7 Å². The molecule has 3 rings (SSSR count). The lowest BCUT2D eigenvalue weighted by Crippen LogP contribution is -2.63. The fraction of sp³-hybridized carbons (Fsp3) is 0.632. The molecule has 2 aliphatic rings. The molecule has 2 atom stereocenters. The Hall–Kier alpha value is -0.860. The van der Waals surface area contributed by atoms with Crippen LogP contribution in [0.25, 0.3) is 0 Å². The fourth-order valence-corrected chi connectivity index (χ4v) is 3.51. The van der Waals surface area contributed by atoms with Gasteiger partial charge >= 0.3 is 0 Å². The van der Waals surface area contributed by atoms with Crippen molar-refractivity contribution in [1.82, 2.24) is 10.6 Å². The Labute approximate surface area is 168 Å². The molecule has 1 heterocycles. The number of benzene rings is 1. The van der Waals surface area contributed by atoms with Crippen LogP contribution in [-0.4, -0.2) is 31.8 Å². The average Bonchev–Trinajstić information content (AvgIpc) is 3.03. The standard InChI is InChI=1S/C19H29N3O2.HI/c1-5-20-18(22-16-9-17(23-4)19(16,2)3)21-10-13-6-7-14-11-24-12-15(14)8-13;/h6-8,16-17H,5,9-12H2,1-4H3,(H2,20,21,22);1H. The summed E-state index contributed by atoms with van der Waals surface area (Å²) in [5, 5.41) is 6.91. The molecule has 1 aromatic carbocycles. The van der Waals surface area contributed by atoms with E-state index in [0.717, 1.165) is 32.1 Å². The van der Waals surface area contributed by atoms with E-state index in [1.54, 1.807) is 7.11 Å². The zero-order chi connectivity index (χ0) is 17.2. The molecule has 0 saturated heterocycles. The van der Waals surface area contributed by atoms with Crippen LogP contribution in [0.2, 0.25) is 0 Å². The van der Waals surface area contributed by atoms with E-state index in [0.29, 0.717) is 18.7 Å². The minimum atomic E-state index is 0. The molecule has 25 heavy (non-hydrogen) atoms. The van der Waals surface area contributed by atoms with Gasteiger partial charge in [0.2, 0.25) is 0 Å². The first-order valence-electron chi connectivity index (χ1n) is 8.80. The number of rotatable bonds is 5. The quantitative estimate of drug-likeness (QED) is 0.404. The summed E-state index contributed by atoms with van der Waals surface area (Å²) in [7, 11) is 1.79. The first kappa shape index (κ1) is 20.5. The minimum absolute atomic E-state index is 0. The lowest BCUT2D eigenvalue weighted by atomic mass is 9.64. The molecule has 0 radical (unpaired) electrons. The summed E-state index contributed by atoms with van der Waals surface area (Å²) in [6.07, 6.45) is 1.33. The van der Waals surface area contributed by atoms with Gasteiger partial charge in [-0.25, -0.2) is 4.99 Å². The molecule has 0 amide bonds. The van der Waals surface area contributed by atoms with Crippen molar-refractivity contribution in [2.45, 2.75) is 59.1 Å². The third kappa shape index (κ3) is 4.46. The Kier molecular flexibility index (Phi) is 7.10. The highest BCUT2D eigenvalue weighted by Crippen LogP contribution is 2.42. The largest absolute Gasteiger partial charge is 0.381 e. The number of halogens is 1. The zero-order valence-corrected chi connectivity index (χ0v) is 17.9. The first-order valence-corrected chi connectivity index (χ1v) is 8.80. The van der Waals surface area contributed by atoms with Crippen molar-refractivity contribution in [2.24, 2.45) is 10.4 Å². The van der Waals surface area contributed by atoms with Gasteiger partial charge in [0, 0.05) is 25.1 Å². The van der Waals surface area contributed by atoms with Gasteiger partial charge in [-0.05, 0) is 30.0 Å². The topological polar surface area (TPSA) is 54.9 Å². The molecule has 2 unspecified atom stereocenters. The van der Waals surface area contributed by atoms with Gasteiger partial charge < -0.3 is 20.1 Å². The average molecular weight is 459 g/mol. The van der Waals surface area contributed by atoms with Crippen molar-refractivity contribution in [2.75, 3.05) is 13.7 Å². The van der Waals surface area contributed by atoms with E-state index < -0.39 is 0 Å². The molecule has 2 N–H and O–H groups in total. The monoisotopic (exact) mass is 459 g/mol. The minimum Gasteiger partial charge on any atom is -0.381 e. The summed E-state index contributed by atoms with van der Waals surface area (Å²) in [5.41, 5.74) is 3.94. The zero-order valence-electron chi connectivity index (χ0n) is 15.6. The molecule has 1 aromatic rings. The maximum absolute atomic E-state index is 5.53. The normalized spacial score (nSPS) is 24.1. The van der Waals surface area contributed by atoms with Crippen molar-refractivity contribution in [3.63, 3.8) is 0 Å². The maximum Gasteiger partial charge on any atom is 0.191 e. The second-order valence-electron chi connectivity index (χ2n) is 7.27. The molecule has 6 heteroatoms. The Balaban J connectivity index is 0.00000225. The molecular formula is C19H30IN3O2. The van der Waals surface area contributed by atoms with Crippen LogP contribution in [0.5, 0.6) is 0 Å². The van der Waals surface area contributed by atoms with E-state index in [9.17, 15) is 0 Å². The number of fused-ring (bicyclic) bond motifs is 1. The van der Waals surface area contributed by atoms with Gasteiger partial charge in [0.05, 0.1) is 25.9 Å². The van der Waals surface area contributed by atoms with Crippen molar-refractivity contribution < 1.29 is 9.47 Å². The second-order valence-corrected chi connectivity index (χ2v) is 7.27. The van der Waals surface area contributed by atoms with Crippen molar-refractivity contribution >= 4 is 29.9 Å². The van der Waals surface area contributed by atoms with Gasteiger partial charge in [-0.3, -0.25) is 0 Å². The third-order valence-electron chi connectivity index (χ3n) is 5.32. The summed E-state index contributed by atoms with van der Waals surface area (Å²) < 4.78 is 11.0. The van der Waals surface area contributed by atoms with Crippen LogP contribution in [0.3, 0.4) is 0 Å². The van der Waals surface area contributed by atoms with Crippen molar-refractivity contribution in [3.8, 4) is 0 Å². The highest BCUT2D eigenvalue weighted by molar-refractivity contribution is 14.0. The summed E-state index contributed by atoms with van der Waals surface area (Å²) >= 11 is 0. The lowest BCUT2D eigenvalue weighted by molar-refractivity contribution is -0.0922. The van der Waals surface area contributed by atoms with Crippen molar-refractivity contribution in [1.29, 1.82) is 0 Å². The van der Waals surface area contributed by atoms with Gasteiger partial charge in [0.15, 0.2) is 5.96 Å². The predicted octanol–water partition coefficient (Wildman–Crippen LogP) is 3.20. The van der Waals surface area contributed by atoms with E-state index in [2.05, 4.69) is 49.6 Å². The molecule has 0 spiro atoms. The molecule has 0 bridgehead atoms. The van der Waals surface area contributed by atoms with E-state index in [4.69, 9.17) is 14.5 Å². The van der Waals surface area contributed by atoms with E-state index in [-0.39, 0.29) is 29.4 Å². The molecule has 1 aliphatic carbocycles. The number of ether oxygens (including phenoxy) is 2. The highest BCUT2D eigenvalue weighted by atomic mass is 127. The molecule has 1 aliphatic heterocycles. The molecule has 5 nitrogen and oxygen atoms in total. The Morgan fingerprint density at radius 2 is 2.08 bits per heavy atom. The van der Waals surface area contributed by atoms with E-state index in [1.807, 2.05) is 0 Å². The number of hydrogen-bond acceptors (Lipinski definition) is 3. The van der Waals surface area contributed by atoms with Gasteiger partial charge in [-0.1, -0.05) is 32.0 Å². The molecular weight excluding hydrogens is 429 g/mol. The number of aliphatic imine (C=N–C) groups is 1. The van der Waals surface area contributed by atoms with Crippen LogP contribution < -0.4 is 10.6 Å². The van der Waals surface area contributed by atoms with Crippen LogP contribution in [0.1, 0.15) is 43.9 Å². The molecule has 1 saturated carbocycles. The van der Waals surface area contributed by atoms with Gasteiger partial charge in [-0.15, -0.1) is 24.0 Å². The van der Waals surface area contributed by atoms with Crippen LogP contribution in [0.4, 0.5) is 0 Å². The Morgan fingerprint density at radius 3 is 2.76 bits per heavy atom. The van der Waals surface area contributed by atoms with Crippen molar-refractivity contribution in [3.05, 3.63) is 34.9 Å². The number of nitrogens with one attached hydrogen (secondary N) is 2. The number of methoxy groups -OCH3 is 1. The molecule has 0 aromatic heterocycles. The van der Waals surface area contributed by atoms with Crippen LogP contribution in [0.15, 0.2) is 23.2 Å². The van der Waals surface area contributed by atoms with Gasteiger partial charge in [-0.2, -0.15) is 0 Å².